The van der Waals surface area contributed by atoms with E-state index in [2.05, 4.69) is 5.32 Å². The smallest absolute Gasteiger partial charge is 0.256 e. The van der Waals surface area contributed by atoms with E-state index in [1.54, 1.807) is 37.4 Å². The third kappa shape index (κ3) is 3.25. The molecule has 25 heavy (non-hydrogen) atoms. The molecular formula is C18H17ClN2O4. The van der Waals surface area contributed by atoms with E-state index in [9.17, 15) is 9.59 Å². The number of amides is 2. The summed E-state index contributed by atoms with van der Waals surface area (Å²) in [6.45, 7) is 0. The van der Waals surface area contributed by atoms with Gasteiger partial charge in [0.1, 0.15) is 17.5 Å². The molecule has 1 saturated heterocycles. The van der Waals surface area contributed by atoms with E-state index in [-0.39, 0.29) is 18.2 Å². The van der Waals surface area contributed by atoms with Crippen LogP contribution in [0.15, 0.2) is 42.5 Å². The Kier molecular flexibility index (Phi) is 4.81. The molecule has 1 atom stereocenters. The molecule has 2 aromatic carbocycles. The first-order valence-corrected chi connectivity index (χ1v) is 8.03. The lowest BCUT2D eigenvalue weighted by Gasteiger charge is -2.18. The molecular weight excluding hydrogens is 344 g/mol. The first-order chi connectivity index (χ1) is 12.0. The number of anilines is 2. The molecule has 7 heteroatoms. The summed E-state index contributed by atoms with van der Waals surface area (Å²) in [5, 5.41) is 3.42. The van der Waals surface area contributed by atoms with Gasteiger partial charge in [-0.15, -0.1) is 0 Å². The monoisotopic (exact) mass is 360 g/mol. The normalized spacial score (nSPS) is 16.9. The van der Waals surface area contributed by atoms with Crippen molar-refractivity contribution < 1.29 is 19.1 Å². The molecule has 1 aliphatic heterocycles. The average molecular weight is 361 g/mol. The highest BCUT2D eigenvalue weighted by atomic mass is 35.5. The molecule has 1 N–H and O–H groups in total. The highest BCUT2D eigenvalue weighted by Gasteiger charge is 2.40. The summed E-state index contributed by atoms with van der Waals surface area (Å²) in [4.78, 5) is 26.2. The fraction of sp³-hybridized carbons (Fsp3) is 0.222. The Morgan fingerprint density at radius 2 is 1.80 bits per heavy atom. The summed E-state index contributed by atoms with van der Waals surface area (Å²) < 4.78 is 10.4. The van der Waals surface area contributed by atoms with Gasteiger partial charge in [0.25, 0.3) is 5.91 Å². The highest BCUT2D eigenvalue weighted by Crippen LogP contribution is 2.33. The zero-order valence-corrected chi connectivity index (χ0v) is 14.5. The number of hydrogen-bond donors (Lipinski definition) is 1. The van der Waals surface area contributed by atoms with Gasteiger partial charge in [0.15, 0.2) is 0 Å². The van der Waals surface area contributed by atoms with Crippen molar-refractivity contribution in [3.05, 3.63) is 47.5 Å². The lowest BCUT2D eigenvalue weighted by molar-refractivity contribution is -0.121. The molecule has 2 amide bonds. The van der Waals surface area contributed by atoms with Crippen LogP contribution in [-0.4, -0.2) is 32.1 Å². The van der Waals surface area contributed by atoms with Gasteiger partial charge in [-0.2, -0.15) is 0 Å². The second-order valence-electron chi connectivity index (χ2n) is 5.49. The lowest BCUT2D eigenvalue weighted by atomic mass is 10.2. The van der Waals surface area contributed by atoms with Crippen LogP contribution in [0.3, 0.4) is 0 Å². The Morgan fingerprint density at radius 3 is 2.48 bits per heavy atom. The third-order valence-electron chi connectivity index (χ3n) is 3.98. The summed E-state index contributed by atoms with van der Waals surface area (Å²) in [6.07, 6.45) is 0.0561. The Hall–Kier alpha value is -2.73. The van der Waals surface area contributed by atoms with Gasteiger partial charge < -0.3 is 14.8 Å². The Morgan fingerprint density at radius 1 is 1.08 bits per heavy atom. The number of imide groups is 1. The molecule has 0 saturated carbocycles. The summed E-state index contributed by atoms with van der Waals surface area (Å²) in [5.41, 5.74) is 1.08. The van der Waals surface area contributed by atoms with Crippen molar-refractivity contribution >= 4 is 34.8 Å². The van der Waals surface area contributed by atoms with Crippen molar-refractivity contribution in [2.24, 2.45) is 0 Å². The van der Waals surface area contributed by atoms with Gasteiger partial charge in [-0.05, 0) is 30.3 Å². The molecule has 0 radical (unpaired) electrons. The summed E-state index contributed by atoms with van der Waals surface area (Å²) in [5.74, 6) is 0.456. The minimum absolute atomic E-state index is 0.0561. The van der Waals surface area contributed by atoms with E-state index in [0.717, 1.165) is 4.90 Å². The summed E-state index contributed by atoms with van der Waals surface area (Å²) >= 11 is 6.10. The van der Waals surface area contributed by atoms with Crippen molar-refractivity contribution in [2.75, 3.05) is 24.4 Å². The maximum atomic E-state index is 12.7. The van der Waals surface area contributed by atoms with Crippen LogP contribution in [0.5, 0.6) is 11.5 Å². The van der Waals surface area contributed by atoms with Gasteiger partial charge in [0, 0.05) is 0 Å². The van der Waals surface area contributed by atoms with Crippen molar-refractivity contribution in [3.63, 3.8) is 0 Å². The molecule has 6 nitrogen and oxygen atoms in total. The number of halogens is 1. The lowest BCUT2D eigenvalue weighted by Crippen LogP contribution is -2.34. The third-order valence-corrected chi connectivity index (χ3v) is 4.27. The molecule has 3 rings (SSSR count). The van der Waals surface area contributed by atoms with Gasteiger partial charge in [-0.25, -0.2) is 4.90 Å². The standard InChI is InChI=1S/C18H17ClN2O4/c1-24-15-8-7-11(9-12(15)19)21-17(22)10-14(18(21)23)20-13-5-3-4-6-16(13)25-2/h3-9,14,20H,10H2,1-2H3. The number of rotatable bonds is 5. The molecule has 130 valence electrons. The van der Waals surface area contributed by atoms with Crippen LogP contribution in [0.2, 0.25) is 5.02 Å². The van der Waals surface area contributed by atoms with E-state index in [4.69, 9.17) is 21.1 Å². The fourth-order valence-electron chi connectivity index (χ4n) is 2.76. The number of ether oxygens (including phenoxy) is 2. The number of nitrogens with one attached hydrogen (secondary N) is 1. The van der Waals surface area contributed by atoms with Crippen LogP contribution < -0.4 is 19.7 Å². The Balaban J connectivity index is 1.84. The highest BCUT2D eigenvalue weighted by molar-refractivity contribution is 6.33. The maximum absolute atomic E-state index is 12.7. The van der Waals surface area contributed by atoms with Crippen LogP contribution in [0.4, 0.5) is 11.4 Å². The molecule has 1 unspecified atom stereocenters. The zero-order chi connectivity index (χ0) is 18.0. The predicted octanol–water partition coefficient (Wildman–Crippen LogP) is 3.10. The van der Waals surface area contributed by atoms with Crippen molar-refractivity contribution in [1.29, 1.82) is 0 Å². The molecule has 0 bridgehead atoms. The quantitative estimate of drug-likeness (QED) is 0.830. The maximum Gasteiger partial charge on any atom is 0.256 e. The topological polar surface area (TPSA) is 67.9 Å². The van der Waals surface area contributed by atoms with Gasteiger partial charge >= 0.3 is 0 Å². The van der Waals surface area contributed by atoms with Crippen LogP contribution in [0.25, 0.3) is 0 Å². The van der Waals surface area contributed by atoms with E-state index in [1.165, 1.54) is 7.11 Å². The van der Waals surface area contributed by atoms with Gasteiger partial charge in [0.05, 0.1) is 37.0 Å². The number of carbonyl (C=O) groups excluding carboxylic acids is 2. The molecule has 1 fully saturated rings. The van der Waals surface area contributed by atoms with E-state index in [1.807, 2.05) is 12.1 Å². The number of para-hydroxylation sites is 2. The largest absolute Gasteiger partial charge is 0.495 e. The van der Waals surface area contributed by atoms with Crippen molar-refractivity contribution in [3.8, 4) is 11.5 Å². The first kappa shape index (κ1) is 17.1. The number of hydrogen-bond acceptors (Lipinski definition) is 5. The molecule has 2 aromatic rings. The SMILES string of the molecule is COc1ccc(N2C(=O)CC(Nc3ccccc3OC)C2=O)cc1Cl. The second-order valence-corrected chi connectivity index (χ2v) is 5.89. The average Bonchev–Trinajstić information content (AvgIpc) is 2.89. The van der Waals surface area contributed by atoms with Crippen LogP contribution in [0.1, 0.15) is 6.42 Å². The fourth-order valence-corrected chi connectivity index (χ4v) is 3.01. The minimum atomic E-state index is -0.662. The Bertz CT molecular complexity index is 824. The van der Waals surface area contributed by atoms with Crippen molar-refractivity contribution in [2.45, 2.75) is 12.5 Å². The van der Waals surface area contributed by atoms with Crippen LogP contribution in [0, 0.1) is 0 Å². The molecule has 0 aliphatic carbocycles. The number of carbonyl (C=O) groups is 2. The van der Waals surface area contributed by atoms with E-state index >= 15 is 0 Å². The summed E-state index contributed by atoms with van der Waals surface area (Å²) in [6, 6.07) is 11.4. The van der Waals surface area contributed by atoms with Crippen molar-refractivity contribution in [1.82, 2.24) is 0 Å². The predicted molar refractivity (Wildman–Crippen MR) is 95.5 cm³/mol. The Labute approximate surface area is 150 Å². The number of nitrogens with zero attached hydrogens (tertiary/aromatic N) is 1. The van der Waals surface area contributed by atoms with E-state index in [0.29, 0.717) is 27.9 Å². The molecule has 0 aromatic heterocycles. The van der Waals surface area contributed by atoms with Gasteiger partial charge in [-0.1, -0.05) is 23.7 Å². The van der Waals surface area contributed by atoms with Crippen LogP contribution in [-0.2, 0) is 9.59 Å². The molecule has 1 heterocycles. The molecule has 1 aliphatic rings. The first-order valence-electron chi connectivity index (χ1n) is 7.65. The molecule has 0 spiro atoms. The second kappa shape index (κ2) is 7.03. The van der Waals surface area contributed by atoms with Gasteiger partial charge in [0.2, 0.25) is 5.91 Å². The van der Waals surface area contributed by atoms with Gasteiger partial charge in [-0.3, -0.25) is 9.59 Å². The zero-order valence-electron chi connectivity index (χ0n) is 13.8. The minimum Gasteiger partial charge on any atom is -0.495 e. The van der Waals surface area contributed by atoms with E-state index < -0.39 is 6.04 Å². The van der Waals surface area contributed by atoms with Crippen LogP contribution >= 0.6 is 11.6 Å². The number of benzene rings is 2. The number of methoxy groups -OCH3 is 2. The summed E-state index contributed by atoms with van der Waals surface area (Å²) in [7, 11) is 3.05.